The number of fused-ring (bicyclic) bond motifs is 1. The molecule has 4 nitrogen and oxygen atoms in total. The highest BCUT2D eigenvalue weighted by atomic mass is 35.5. The van der Waals surface area contributed by atoms with Gasteiger partial charge in [0.1, 0.15) is 12.4 Å². The maximum absolute atomic E-state index is 11.1. The van der Waals surface area contributed by atoms with E-state index in [0.717, 1.165) is 17.0 Å². The highest BCUT2D eigenvalue weighted by Crippen LogP contribution is 2.43. The fourth-order valence-electron chi connectivity index (χ4n) is 2.49. The summed E-state index contributed by atoms with van der Waals surface area (Å²) in [6.45, 7) is 2.53. The molecule has 0 fully saturated rings. The minimum absolute atomic E-state index is 0.229. The molecule has 0 saturated heterocycles. The second-order valence-corrected chi connectivity index (χ2v) is 6.53. The van der Waals surface area contributed by atoms with E-state index in [-0.39, 0.29) is 6.23 Å². The molecule has 2 unspecified atom stereocenters. The molecule has 6 heteroatoms. The first kappa shape index (κ1) is 15.3. The molecule has 0 N–H and O–H groups in total. The SMILES string of the molecule is C[P+](=O)OCCN1c2ccccc2OC1c1ccc(Cl)cc1. The zero-order valence-electron chi connectivity index (χ0n) is 12.1. The quantitative estimate of drug-likeness (QED) is 0.746. The molecule has 0 amide bonds. The van der Waals surface area contributed by atoms with Crippen LogP contribution in [0.3, 0.4) is 0 Å². The molecule has 3 rings (SSSR count). The smallest absolute Gasteiger partial charge is 0.464 e. The van der Waals surface area contributed by atoms with Crippen molar-refractivity contribution in [2.24, 2.45) is 0 Å². The van der Waals surface area contributed by atoms with Gasteiger partial charge in [0.25, 0.3) is 0 Å². The Morgan fingerprint density at radius 1 is 1.23 bits per heavy atom. The van der Waals surface area contributed by atoms with E-state index in [1.165, 1.54) is 0 Å². The van der Waals surface area contributed by atoms with Gasteiger partial charge in [0.05, 0.1) is 12.2 Å². The van der Waals surface area contributed by atoms with Crippen molar-refractivity contribution in [1.82, 2.24) is 0 Å². The second-order valence-electron chi connectivity index (χ2n) is 4.96. The number of para-hydroxylation sites is 2. The van der Waals surface area contributed by atoms with Gasteiger partial charge in [0, 0.05) is 10.6 Å². The van der Waals surface area contributed by atoms with Gasteiger partial charge in [0.15, 0.2) is 12.9 Å². The molecule has 114 valence electrons. The van der Waals surface area contributed by atoms with Crippen LogP contribution in [-0.4, -0.2) is 19.8 Å². The summed E-state index contributed by atoms with van der Waals surface area (Å²) in [5, 5.41) is 0.692. The number of rotatable bonds is 5. The third-order valence-corrected chi connectivity index (χ3v) is 4.25. The normalized spacial score (nSPS) is 17.1. The number of anilines is 1. The molecule has 22 heavy (non-hydrogen) atoms. The van der Waals surface area contributed by atoms with Crippen molar-refractivity contribution in [3.63, 3.8) is 0 Å². The predicted molar refractivity (Wildman–Crippen MR) is 88.1 cm³/mol. The fourth-order valence-corrected chi connectivity index (χ4v) is 2.95. The summed E-state index contributed by atoms with van der Waals surface area (Å²) in [4.78, 5) is 2.11. The van der Waals surface area contributed by atoms with Crippen LogP contribution in [0.25, 0.3) is 0 Å². The molecule has 0 saturated carbocycles. The van der Waals surface area contributed by atoms with Crippen molar-refractivity contribution in [3.8, 4) is 5.75 Å². The first-order valence-corrected chi connectivity index (χ1v) is 8.97. The van der Waals surface area contributed by atoms with Gasteiger partial charge >= 0.3 is 8.03 Å². The fraction of sp³-hybridized carbons (Fsp3) is 0.250. The van der Waals surface area contributed by atoms with Gasteiger partial charge < -0.3 is 9.64 Å². The number of hydrogen-bond acceptors (Lipinski definition) is 4. The Hall–Kier alpha value is -1.61. The van der Waals surface area contributed by atoms with E-state index >= 15 is 0 Å². The summed E-state index contributed by atoms with van der Waals surface area (Å²) in [6, 6.07) is 15.5. The molecule has 0 spiro atoms. The maximum Gasteiger partial charge on any atom is 0.504 e. The minimum Gasteiger partial charge on any atom is -0.464 e. The summed E-state index contributed by atoms with van der Waals surface area (Å²) in [5.74, 6) is 0.836. The average Bonchev–Trinajstić information content (AvgIpc) is 2.87. The summed E-state index contributed by atoms with van der Waals surface area (Å²) in [7, 11) is -1.60. The zero-order valence-corrected chi connectivity index (χ0v) is 13.8. The summed E-state index contributed by atoms with van der Waals surface area (Å²) < 4.78 is 22.4. The van der Waals surface area contributed by atoms with Crippen molar-refractivity contribution in [2.75, 3.05) is 24.7 Å². The number of hydrogen-bond donors (Lipinski definition) is 0. The van der Waals surface area contributed by atoms with E-state index in [4.69, 9.17) is 20.9 Å². The monoisotopic (exact) mass is 336 g/mol. The molecule has 0 aliphatic carbocycles. The van der Waals surface area contributed by atoms with Crippen molar-refractivity contribution in [1.29, 1.82) is 0 Å². The Kier molecular flexibility index (Phi) is 4.63. The van der Waals surface area contributed by atoms with Gasteiger partial charge in [-0.2, -0.15) is 0 Å². The summed E-state index contributed by atoms with van der Waals surface area (Å²) in [6.07, 6.45) is -0.229. The minimum atomic E-state index is -1.60. The Balaban J connectivity index is 1.85. The molecule has 0 bridgehead atoms. The standard InChI is InChI=1S/C16H16ClNO3P/c1-22(19)20-11-10-18-14-4-2-3-5-15(14)21-16(18)12-6-8-13(17)9-7-12/h2-9,16H,10-11H2,1H3/q+1. The van der Waals surface area contributed by atoms with Gasteiger partial charge in [0.2, 0.25) is 0 Å². The average molecular weight is 337 g/mol. The molecule has 2 aromatic carbocycles. The molecule has 0 radical (unpaired) electrons. The Labute approximate surface area is 135 Å². The van der Waals surface area contributed by atoms with Crippen LogP contribution in [-0.2, 0) is 9.09 Å². The van der Waals surface area contributed by atoms with Gasteiger partial charge in [-0.15, -0.1) is 4.52 Å². The Bertz CT molecular complexity index is 677. The van der Waals surface area contributed by atoms with Gasteiger partial charge in [-0.3, -0.25) is 0 Å². The van der Waals surface area contributed by atoms with Crippen LogP contribution in [0.4, 0.5) is 5.69 Å². The molecule has 2 aromatic rings. The van der Waals surface area contributed by atoms with Crippen molar-refractivity contribution >= 4 is 25.3 Å². The number of halogens is 1. The summed E-state index contributed by atoms with van der Waals surface area (Å²) in [5.41, 5.74) is 2.03. The van der Waals surface area contributed by atoms with Crippen LogP contribution < -0.4 is 9.64 Å². The maximum atomic E-state index is 11.1. The van der Waals surface area contributed by atoms with Crippen LogP contribution in [0.2, 0.25) is 5.02 Å². The topological polar surface area (TPSA) is 38.8 Å². The van der Waals surface area contributed by atoms with Gasteiger partial charge in [-0.25, -0.2) is 0 Å². The van der Waals surface area contributed by atoms with Crippen LogP contribution in [0, 0.1) is 0 Å². The van der Waals surface area contributed by atoms with Crippen LogP contribution >= 0.6 is 19.6 Å². The molecular weight excluding hydrogens is 321 g/mol. The zero-order chi connectivity index (χ0) is 15.5. The molecular formula is C16H16ClNO3P+. The number of nitrogens with zero attached hydrogens (tertiary/aromatic N) is 1. The lowest BCUT2D eigenvalue weighted by atomic mass is 10.2. The van der Waals surface area contributed by atoms with E-state index in [1.54, 1.807) is 6.66 Å². The lowest BCUT2D eigenvalue weighted by molar-refractivity contribution is 0.220. The molecule has 0 aromatic heterocycles. The first-order chi connectivity index (χ1) is 10.6. The van der Waals surface area contributed by atoms with Crippen molar-refractivity contribution in [2.45, 2.75) is 6.23 Å². The van der Waals surface area contributed by atoms with E-state index in [0.29, 0.717) is 18.2 Å². The van der Waals surface area contributed by atoms with E-state index in [2.05, 4.69) is 4.90 Å². The van der Waals surface area contributed by atoms with Crippen molar-refractivity contribution < 1.29 is 13.8 Å². The third kappa shape index (κ3) is 3.25. The van der Waals surface area contributed by atoms with Gasteiger partial charge in [-0.1, -0.05) is 35.9 Å². The van der Waals surface area contributed by atoms with Crippen LogP contribution in [0.5, 0.6) is 5.75 Å². The van der Waals surface area contributed by atoms with Crippen LogP contribution in [0.1, 0.15) is 11.8 Å². The lowest BCUT2D eigenvalue weighted by Gasteiger charge is -2.24. The van der Waals surface area contributed by atoms with Crippen molar-refractivity contribution in [3.05, 3.63) is 59.1 Å². The van der Waals surface area contributed by atoms with E-state index in [9.17, 15) is 4.57 Å². The highest BCUT2D eigenvalue weighted by Gasteiger charge is 2.32. The first-order valence-electron chi connectivity index (χ1n) is 6.97. The van der Waals surface area contributed by atoms with Crippen LogP contribution in [0.15, 0.2) is 48.5 Å². The molecule has 1 aliphatic heterocycles. The lowest BCUT2D eigenvalue weighted by Crippen LogP contribution is -2.30. The number of ether oxygens (including phenoxy) is 1. The van der Waals surface area contributed by atoms with E-state index in [1.807, 2.05) is 48.5 Å². The van der Waals surface area contributed by atoms with E-state index < -0.39 is 8.03 Å². The largest absolute Gasteiger partial charge is 0.504 e. The highest BCUT2D eigenvalue weighted by molar-refractivity contribution is 7.38. The third-order valence-electron chi connectivity index (χ3n) is 3.46. The Morgan fingerprint density at radius 3 is 2.68 bits per heavy atom. The Morgan fingerprint density at radius 2 is 1.95 bits per heavy atom. The summed E-state index contributed by atoms with van der Waals surface area (Å²) >= 11 is 5.96. The molecule has 2 atom stereocenters. The number of benzene rings is 2. The van der Waals surface area contributed by atoms with Gasteiger partial charge in [-0.05, 0) is 28.8 Å². The second kappa shape index (κ2) is 6.66. The molecule has 1 heterocycles. The molecule has 1 aliphatic rings. The predicted octanol–water partition coefficient (Wildman–Crippen LogP) is 4.63.